The van der Waals surface area contributed by atoms with Crippen molar-refractivity contribution in [1.29, 1.82) is 0 Å². The van der Waals surface area contributed by atoms with Gasteiger partial charge in [-0.3, -0.25) is 0 Å². The highest BCUT2D eigenvalue weighted by molar-refractivity contribution is 5.99. The molecule has 0 heterocycles. The van der Waals surface area contributed by atoms with Crippen LogP contribution in [0.4, 0.5) is 26.3 Å². The van der Waals surface area contributed by atoms with Gasteiger partial charge in [-0.2, -0.15) is 26.3 Å². The van der Waals surface area contributed by atoms with E-state index in [2.05, 4.69) is 9.99 Å². The molecule has 1 aromatic rings. The molecule has 1 rings (SSSR count). The second-order valence-electron chi connectivity index (χ2n) is 3.62. The maximum Gasteiger partial charge on any atom is 0.417 e. The highest BCUT2D eigenvalue weighted by atomic mass is 19.4. The van der Waals surface area contributed by atoms with E-state index >= 15 is 0 Å². The molecule has 0 bridgehead atoms. The number of hydrogen-bond donors (Lipinski definition) is 0. The Morgan fingerprint density at radius 2 is 1.63 bits per heavy atom. The van der Waals surface area contributed by atoms with Crippen LogP contribution in [-0.2, 0) is 17.2 Å². The van der Waals surface area contributed by atoms with Crippen LogP contribution in [0.3, 0.4) is 0 Å². The van der Waals surface area contributed by atoms with Gasteiger partial charge in [0.05, 0.1) is 16.8 Å². The molecular weight excluding hydrogens is 276 g/mol. The zero-order valence-electron chi connectivity index (χ0n) is 9.86. The monoisotopic (exact) mass is 285 g/mol. The second kappa shape index (κ2) is 5.10. The number of alkyl halides is 6. The lowest BCUT2D eigenvalue weighted by Crippen LogP contribution is -2.15. The zero-order valence-corrected chi connectivity index (χ0v) is 9.86. The molecule has 1 aromatic carbocycles. The van der Waals surface area contributed by atoms with E-state index in [1.165, 1.54) is 6.92 Å². The Kier molecular flexibility index (Phi) is 4.12. The number of oxime groups is 1. The first-order chi connectivity index (χ1) is 8.57. The SMILES string of the molecule is CON=C(C)c1ccc(C(F)(F)F)cc1C(F)(F)F. The molecule has 0 fully saturated rings. The average Bonchev–Trinajstić information content (AvgIpc) is 2.26. The molecule has 0 spiro atoms. The lowest BCUT2D eigenvalue weighted by molar-refractivity contribution is -0.143. The molecular formula is C11H9F6NO. The van der Waals surface area contributed by atoms with Crippen LogP contribution < -0.4 is 0 Å². The van der Waals surface area contributed by atoms with Crippen molar-refractivity contribution in [3.8, 4) is 0 Å². The lowest BCUT2D eigenvalue weighted by Gasteiger charge is -2.15. The molecule has 0 N–H and O–H groups in total. The van der Waals surface area contributed by atoms with Crippen molar-refractivity contribution in [2.75, 3.05) is 7.11 Å². The summed E-state index contributed by atoms with van der Waals surface area (Å²) in [5.41, 5.74) is -3.39. The number of hydrogen-bond acceptors (Lipinski definition) is 2. The molecule has 2 nitrogen and oxygen atoms in total. The van der Waals surface area contributed by atoms with E-state index < -0.39 is 29.0 Å². The maximum absolute atomic E-state index is 12.8. The first-order valence-electron chi connectivity index (χ1n) is 4.94. The van der Waals surface area contributed by atoms with Crippen LogP contribution in [0.2, 0.25) is 0 Å². The van der Waals surface area contributed by atoms with Crippen LogP contribution in [0.5, 0.6) is 0 Å². The minimum absolute atomic E-state index is 0.0595. The molecule has 0 amide bonds. The van der Waals surface area contributed by atoms with E-state index in [0.29, 0.717) is 6.07 Å². The number of nitrogens with zero attached hydrogens (tertiary/aromatic N) is 1. The molecule has 0 aromatic heterocycles. The molecule has 0 aliphatic heterocycles. The van der Waals surface area contributed by atoms with Crippen LogP contribution in [0.25, 0.3) is 0 Å². The van der Waals surface area contributed by atoms with E-state index in [1.54, 1.807) is 0 Å². The maximum atomic E-state index is 12.8. The lowest BCUT2D eigenvalue weighted by atomic mass is 10.00. The van der Waals surface area contributed by atoms with Gasteiger partial charge in [0.2, 0.25) is 0 Å². The van der Waals surface area contributed by atoms with Crippen molar-refractivity contribution in [2.24, 2.45) is 5.16 Å². The molecule has 0 saturated carbocycles. The van der Waals surface area contributed by atoms with Crippen molar-refractivity contribution in [3.63, 3.8) is 0 Å². The van der Waals surface area contributed by atoms with Crippen molar-refractivity contribution in [2.45, 2.75) is 19.3 Å². The standard InChI is InChI=1S/C11H9F6NO/c1-6(18-19-2)8-4-3-7(10(12,13)14)5-9(8)11(15,16)17/h3-5H,1-2H3. The van der Waals surface area contributed by atoms with Gasteiger partial charge >= 0.3 is 12.4 Å². The summed E-state index contributed by atoms with van der Waals surface area (Å²) in [6, 6.07) is 1.35. The third-order valence-corrected chi connectivity index (χ3v) is 2.27. The molecule has 0 atom stereocenters. The van der Waals surface area contributed by atoms with Crippen molar-refractivity contribution >= 4 is 5.71 Å². The molecule has 0 aliphatic carbocycles. The highest BCUT2D eigenvalue weighted by Crippen LogP contribution is 2.37. The van der Waals surface area contributed by atoms with E-state index in [-0.39, 0.29) is 11.8 Å². The number of rotatable bonds is 2. The fraction of sp³-hybridized carbons (Fsp3) is 0.364. The van der Waals surface area contributed by atoms with Crippen LogP contribution >= 0.6 is 0 Å². The van der Waals surface area contributed by atoms with Gasteiger partial charge in [-0.15, -0.1) is 0 Å². The Morgan fingerprint density at radius 3 is 2.05 bits per heavy atom. The fourth-order valence-electron chi connectivity index (χ4n) is 1.46. The summed E-state index contributed by atoms with van der Waals surface area (Å²) >= 11 is 0. The third kappa shape index (κ3) is 3.62. The molecule has 8 heteroatoms. The van der Waals surface area contributed by atoms with Crippen LogP contribution in [0, 0.1) is 0 Å². The predicted molar refractivity (Wildman–Crippen MR) is 55.7 cm³/mol. The first kappa shape index (κ1) is 15.3. The summed E-state index contributed by atoms with van der Waals surface area (Å²) in [6.07, 6.45) is -9.76. The van der Waals surface area contributed by atoms with Gasteiger partial charge in [-0.05, 0) is 19.1 Å². The predicted octanol–water partition coefficient (Wildman–Crippen LogP) is 4.09. The summed E-state index contributed by atoms with van der Waals surface area (Å²) in [5, 5.41) is 3.30. The van der Waals surface area contributed by atoms with Gasteiger partial charge in [0.1, 0.15) is 7.11 Å². The van der Waals surface area contributed by atoms with Crippen molar-refractivity contribution in [1.82, 2.24) is 0 Å². The summed E-state index contributed by atoms with van der Waals surface area (Å²) < 4.78 is 75.5. The summed E-state index contributed by atoms with van der Waals surface area (Å²) in [7, 11) is 1.13. The fourth-order valence-corrected chi connectivity index (χ4v) is 1.46. The minimum atomic E-state index is -4.92. The molecule has 0 radical (unpaired) electrons. The van der Waals surface area contributed by atoms with Crippen LogP contribution in [-0.4, -0.2) is 12.8 Å². The number of halogens is 6. The molecule has 0 aliphatic rings. The smallest absolute Gasteiger partial charge is 0.399 e. The van der Waals surface area contributed by atoms with E-state index in [1.807, 2.05) is 0 Å². The zero-order chi connectivity index (χ0) is 14.8. The minimum Gasteiger partial charge on any atom is -0.399 e. The van der Waals surface area contributed by atoms with E-state index in [0.717, 1.165) is 13.2 Å². The van der Waals surface area contributed by atoms with Gasteiger partial charge in [-0.25, -0.2) is 0 Å². The Labute approximate surface area is 104 Å². The first-order valence-corrected chi connectivity index (χ1v) is 4.94. The Morgan fingerprint density at radius 1 is 1.05 bits per heavy atom. The molecule has 19 heavy (non-hydrogen) atoms. The van der Waals surface area contributed by atoms with Crippen molar-refractivity contribution < 1.29 is 31.2 Å². The van der Waals surface area contributed by atoms with Gasteiger partial charge in [0, 0.05) is 5.56 Å². The molecule has 0 saturated heterocycles. The normalized spacial score (nSPS) is 13.6. The molecule has 106 valence electrons. The summed E-state index contributed by atoms with van der Waals surface area (Å²) in [6.45, 7) is 1.21. The van der Waals surface area contributed by atoms with Gasteiger partial charge in [-0.1, -0.05) is 11.2 Å². The second-order valence-corrected chi connectivity index (χ2v) is 3.62. The van der Waals surface area contributed by atoms with Crippen LogP contribution in [0.15, 0.2) is 23.4 Å². The Hall–Kier alpha value is -1.73. The van der Waals surface area contributed by atoms with E-state index in [4.69, 9.17) is 0 Å². The quantitative estimate of drug-likeness (QED) is 0.455. The van der Waals surface area contributed by atoms with Crippen LogP contribution in [0.1, 0.15) is 23.6 Å². The average molecular weight is 285 g/mol. The topological polar surface area (TPSA) is 21.6 Å². The molecule has 0 unspecified atom stereocenters. The third-order valence-electron chi connectivity index (χ3n) is 2.27. The van der Waals surface area contributed by atoms with Crippen molar-refractivity contribution in [3.05, 3.63) is 34.9 Å². The van der Waals surface area contributed by atoms with Gasteiger partial charge in [0.25, 0.3) is 0 Å². The van der Waals surface area contributed by atoms with E-state index in [9.17, 15) is 26.3 Å². The van der Waals surface area contributed by atoms with Gasteiger partial charge in [0.15, 0.2) is 0 Å². The number of benzene rings is 1. The Balaban J connectivity index is 3.47. The summed E-state index contributed by atoms with van der Waals surface area (Å²) in [4.78, 5) is 4.32. The Bertz CT molecular complexity index is 489. The summed E-state index contributed by atoms with van der Waals surface area (Å²) in [5.74, 6) is 0. The van der Waals surface area contributed by atoms with Gasteiger partial charge < -0.3 is 4.84 Å². The highest BCUT2D eigenvalue weighted by Gasteiger charge is 2.38. The largest absolute Gasteiger partial charge is 0.417 e.